The molecule has 1 saturated carbocycles. The van der Waals surface area contributed by atoms with Crippen molar-refractivity contribution in [1.82, 2.24) is 24.6 Å². The number of para-hydroxylation sites is 1. The molecule has 2 aliphatic rings. The minimum atomic E-state index is 0.0687. The third-order valence-corrected chi connectivity index (χ3v) is 6.22. The summed E-state index contributed by atoms with van der Waals surface area (Å²) < 4.78 is 7.26. The van der Waals surface area contributed by atoms with E-state index in [0.29, 0.717) is 13.1 Å². The zero-order valence-corrected chi connectivity index (χ0v) is 17.6. The van der Waals surface area contributed by atoms with Gasteiger partial charge in [-0.15, -0.1) is 0 Å². The summed E-state index contributed by atoms with van der Waals surface area (Å²) >= 11 is 0. The number of piperazine rings is 1. The molecule has 0 N–H and O–H groups in total. The van der Waals surface area contributed by atoms with Crippen LogP contribution in [0.5, 0.6) is 5.75 Å². The van der Waals surface area contributed by atoms with Crippen LogP contribution < -0.4 is 9.64 Å². The first-order valence-corrected chi connectivity index (χ1v) is 10.4. The molecule has 2 fully saturated rings. The molecule has 1 amide bonds. The van der Waals surface area contributed by atoms with Gasteiger partial charge in [-0.05, 0) is 30.9 Å². The third-order valence-electron chi connectivity index (χ3n) is 6.22. The second kappa shape index (κ2) is 7.27. The van der Waals surface area contributed by atoms with E-state index in [9.17, 15) is 4.79 Å². The Morgan fingerprint density at radius 2 is 1.90 bits per heavy atom. The molecular formula is C22H26N6O2. The molecule has 3 heterocycles. The minimum absolute atomic E-state index is 0.0687. The summed E-state index contributed by atoms with van der Waals surface area (Å²) in [4.78, 5) is 26.5. The number of hydrogen-bond donors (Lipinski definition) is 0. The normalized spacial score (nSPS) is 21.2. The van der Waals surface area contributed by atoms with Crippen molar-refractivity contribution >= 4 is 22.8 Å². The Kier molecular flexibility index (Phi) is 4.56. The van der Waals surface area contributed by atoms with Gasteiger partial charge in [0.25, 0.3) is 0 Å². The molecule has 8 heteroatoms. The number of benzene rings is 1. The van der Waals surface area contributed by atoms with Gasteiger partial charge < -0.3 is 14.5 Å². The Morgan fingerprint density at radius 1 is 1.13 bits per heavy atom. The van der Waals surface area contributed by atoms with E-state index in [1.165, 1.54) is 0 Å². The summed E-state index contributed by atoms with van der Waals surface area (Å²) in [6, 6.07) is 8.02. The highest BCUT2D eigenvalue weighted by Crippen LogP contribution is 2.51. The summed E-state index contributed by atoms with van der Waals surface area (Å²) in [6.45, 7) is 4.84. The Labute approximate surface area is 175 Å². The van der Waals surface area contributed by atoms with E-state index in [2.05, 4.69) is 26.0 Å². The molecule has 30 heavy (non-hydrogen) atoms. The number of nitrogens with zero attached hydrogens (tertiary/aromatic N) is 6. The summed E-state index contributed by atoms with van der Waals surface area (Å²) in [5.74, 6) is 3.12. The molecule has 0 spiro atoms. The first-order chi connectivity index (χ1) is 14.6. The zero-order valence-electron chi connectivity index (χ0n) is 17.6. The molecule has 2 aromatic heterocycles. The van der Waals surface area contributed by atoms with Gasteiger partial charge in [0.15, 0.2) is 5.65 Å². The molecule has 2 unspecified atom stereocenters. The second-order valence-corrected chi connectivity index (χ2v) is 8.10. The largest absolute Gasteiger partial charge is 0.496 e. The van der Waals surface area contributed by atoms with E-state index >= 15 is 0 Å². The van der Waals surface area contributed by atoms with Crippen LogP contribution in [0.15, 0.2) is 30.5 Å². The molecule has 5 rings (SSSR count). The number of carbonyl (C=O) groups excluding carboxylic acids is 1. The molecule has 1 aliphatic heterocycles. The number of carbonyl (C=O) groups is 1. The van der Waals surface area contributed by atoms with Crippen molar-refractivity contribution in [3.63, 3.8) is 0 Å². The van der Waals surface area contributed by atoms with Crippen LogP contribution in [0.25, 0.3) is 11.0 Å². The van der Waals surface area contributed by atoms with E-state index in [1.54, 1.807) is 11.8 Å². The minimum Gasteiger partial charge on any atom is -0.496 e. The van der Waals surface area contributed by atoms with Crippen LogP contribution in [-0.4, -0.2) is 63.8 Å². The predicted octanol–water partition coefficient (Wildman–Crippen LogP) is 2.13. The van der Waals surface area contributed by atoms with Gasteiger partial charge in [0.2, 0.25) is 5.91 Å². The SMILES string of the molecule is COc1ccccc1C1CC1C(=O)N1CCN(c2nc(C)nc3c2cnn3C)CC1. The quantitative estimate of drug-likeness (QED) is 0.661. The molecule has 0 radical (unpaired) electrons. The van der Waals surface area contributed by atoms with Crippen LogP contribution in [0.1, 0.15) is 23.7 Å². The maximum Gasteiger partial charge on any atom is 0.226 e. The lowest BCUT2D eigenvalue weighted by atomic mass is 10.1. The summed E-state index contributed by atoms with van der Waals surface area (Å²) in [5, 5.41) is 5.29. The van der Waals surface area contributed by atoms with Crippen LogP contribution in [0.2, 0.25) is 0 Å². The monoisotopic (exact) mass is 406 g/mol. The number of hydrogen-bond acceptors (Lipinski definition) is 6. The maximum absolute atomic E-state index is 13.1. The highest BCUT2D eigenvalue weighted by atomic mass is 16.5. The third kappa shape index (κ3) is 3.16. The molecule has 1 aromatic carbocycles. The van der Waals surface area contributed by atoms with Crippen LogP contribution in [-0.2, 0) is 11.8 Å². The lowest BCUT2D eigenvalue weighted by molar-refractivity contribution is -0.133. The first-order valence-electron chi connectivity index (χ1n) is 10.4. The molecule has 3 aromatic rings. The van der Waals surface area contributed by atoms with E-state index < -0.39 is 0 Å². The van der Waals surface area contributed by atoms with Crippen molar-refractivity contribution in [3.8, 4) is 5.75 Å². The second-order valence-electron chi connectivity index (χ2n) is 8.10. The molecule has 156 valence electrons. The van der Waals surface area contributed by atoms with E-state index in [1.807, 2.05) is 43.3 Å². The molecule has 0 bridgehead atoms. The number of ether oxygens (including phenoxy) is 1. The first kappa shape index (κ1) is 18.8. The Bertz CT molecular complexity index is 1100. The van der Waals surface area contributed by atoms with Gasteiger partial charge in [-0.1, -0.05) is 18.2 Å². The number of rotatable bonds is 4. The van der Waals surface area contributed by atoms with Crippen LogP contribution in [0.3, 0.4) is 0 Å². The number of aromatic nitrogens is 4. The highest BCUT2D eigenvalue weighted by molar-refractivity contribution is 5.87. The fourth-order valence-corrected chi connectivity index (χ4v) is 4.51. The van der Waals surface area contributed by atoms with Crippen LogP contribution in [0.4, 0.5) is 5.82 Å². The number of aryl methyl sites for hydroxylation is 2. The Balaban J connectivity index is 1.26. The number of fused-ring (bicyclic) bond motifs is 1. The van der Waals surface area contributed by atoms with Gasteiger partial charge in [-0.3, -0.25) is 9.48 Å². The lowest BCUT2D eigenvalue weighted by Crippen LogP contribution is -2.49. The van der Waals surface area contributed by atoms with Crippen molar-refractivity contribution < 1.29 is 9.53 Å². The van der Waals surface area contributed by atoms with Crippen LogP contribution >= 0.6 is 0 Å². The summed E-state index contributed by atoms with van der Waals surface area (Å²) in [5.41, 5.74) is 1.99. The van der Waals surface area contributed by atoms with Crippen molar-refractivity contribution in [3.05, 3.63) is 41.9 Å². The number of anilines is 1. The van der Waals surface area contributed by atoms with Crippen molar-refractivity contribution in [2.75, 3.05) is 38.2 Å². The molecule has 1 aliphatic carbocycles. The van der Waals surface area contributed by atoms with Gasteiger partial charge in [0, 0.05) is 39.1 Å². The Morgan fingerprint density at radius 3 is 2.67 bits per heavy atom. The maximum atomic E-state index is 13.1. The standard InChI is InChI=1S/C22H26N6O2/c1-14-24-20-18(13-23-26(20)2)21(25-14)27-8-10-28(11-9-27)22(29)17-12-16(17)15-6-4-5-7-19(15)30-3/h4-7,13,16-17H,8-12H2,1-3H3. The fraction of sp³-hybridized carbons (Fsp3) is 0.455. The zero-order chi connectivity index (χ0) is 20.8. The van der Waals surface area contributed by atoms with Crippen molar-refractivity contribution in [1.29, 1.82) is 0 Å². The van der Waals surface area contributed by atoms with Gasteiger partial charge in [0.05, 0.1) is 18.7 Å². The van der Waals surface area contributed by atoms with Gasteiger partial charge in [-0.25, -0.2) is 9.97 Å². The van der Waals surface area contributed by atoms with Gasteiger partial charge >= 0.3 is 0 Å². The van der Waals surface area contributed by atoms with E-state index in [4.69, 9.17) is 4.74 Å². The number of methoxy groups -OCH3 is 1. The van der Waals surface area contributed by atoms with Gasteiger partial charge in [-0.2, -0.15) is 5.10 Å². The number of amides is 1. The average Bonchev–Trinajstić information content (AvgIpc) is 3.49. The lowest BCUT2D eigenvalue weighted by Gasteiger charge is -2.36. The van der Waals surface area contributed by atoms with Crippen LogP contribution in [0, 0.1) is 12.8 Å². The van der Waals surface area contributed by atoms with E-state index in [-0.39, 0.29) is 17.7 Å². The van der Waals surface area contributed by atoms with E-state index in [0.717, 1.165) is 53.5 Å². The summed E-state index contributed by atoms with van der Waals surface area (Å²) in [7, 11) is 3.58. The fourth-order valence-electron chi connectivity index (χ4n) is 4.51. The predicted molar refractivity (Wildman–Crippen MR) is 114 cm³/mol. The molecule has 8 nitrogen and oxygen atoms in total. The topological polar surface area (TPSA) is 76.4 Å². The molecule has 2 atom stereocenters. The highest BCUT2D eigenvalue weighted by Gasteiger charge is 2.47. The van der Waals surface area contributed by atoms with Crippen molar-refractivity contribution in [2.24, 2.45) is 13.0 Å². The smallest absolute Gasteiger partial charge is 0.226 e. The summed E-state index contributed by atoms with van der Waals surface area (Å²) in [6.07, 6.45) is 2.73. The molecule has 1 saturated heterocycles. The Hall–Kier alpha value is -3.16. The average molecular weight is 406 g/mol. The molecular weight excluding hydrogens is 380 g/mol. The van der Waals surface area contributed by atoms with Gasteiger partial charge in [0.1, 0.15) is 17.4 Å². The van der Waals surface area contributed by atoms with Crippen molar-refractivity contribution in [2.45, 2.75) is 19.3 Å².